The fraction of sp³-hybridized carbons (Fsp3) is 0.636. The molecule has 2 heterocycles. The third-order valence-corrected chi connectivity index (χ3v) is 4.85. The zero-order chi connectivity index (χ0) is 14.0. The second-order valence-electron chi connectivity index (χ2n) is 4.93. The van der Waals surface area contributed by atoms with Crippen LogP contribution < -0.4 is 5.32 Å². The average molecular weight is 286 g/mol. The van der Waals surface area contributed by atoms with E-state index in [1.165, 1.54) is 4.90 Å². The van der Waals surface area contributed by atoms with Crippen molar-refractivity contribution in [1.29, 1.82) is 0 Å². The second kappa shape index (κ2) is 5.20. The number of aryl methyl sites for hydroxylation is 1. The number of urea groups is 1. The lowest BCUT2D eigenvalue weighted by molar-refractivity contribution is 0.203. The van der Waals surface area contributed by atoms with Gasteiger partial charge >= 0.3 is 6.03 Å². The quantitative estimate of drug-likeness (QED) is 0.830. The molecule has 106 valence electrons. The van der Waals surface area contributed by atoms with Crippen LogP contribution in [-0.4, -0.2) is 53.7 Å². The molecule has 0 unspecified atom stereocenters. The first-order valence-electron chi connectivity index (χ1n) is 6.05. The van der Waals surface area contributed by atoms with Crippen molar-refractivity contribution in [3.05, 3.63) is 18.0 Å². The van der Waals surface area contributed by atoms with Crippen LogP contribution in [0.25, 0.3) is 0 Å². The minimum absolute atomic E-state index is 0.0411. The van der Waals surface area contributed by atoms with E-state index in [0.29, 0.717) is 13.0 Å². The number of sulfone groups is 1. The average Bonchev–Trinajstić information content (AvgIpc) is 2.85. The van der Waals surface area contributed by atoms with Gasteiger partial charge in [-0.05, 0) is 6.42 Å². The lowest BCUT2D eigenvalue weighted by Crippen LogP contribution is -2.43. The summed E-state index contributed by atoms with van der Waals surface area (Å²) < 4.78 is 24.3. The van der Waals surface area contributed by atoms with E-state index in [1.54, 1.807) is 17.9 Å². The van der Waals surface area contributed by atoms with Gasteiger partial charge in [0.1, 0.15) is 0 Å². The van der Waals surface area contributed by atoms with Crippen molar-refractivity contribution in [3.8, 4) is 0 Å². The van der Waals surface area contributed by atoms with Gasteiger partial charge in [0.2, 0.25) is 0 Å². The Hall–Kier alpha value is -1.57. The monoisotopic (exact) mass is 286 g/mol. The summed E-state index contributed by atoms with van der Waals surface area (Å²) in [5, 5.41) is 6.77. The van der Waals surface area contributed by atoms with E-state index in [1.807, 2.05) is 13.2 Å². The zero-order valence-electron chi connectivity index (χ0n) is 11.0. The first kappa shape index (κ1) is 13.9. The fourth-order valence-corrected chi connectivity index (χ4v) is 3.77. The molecular formula is C11H18N4O3S. The predicted octanol–water partition coefficient (Wildman–Crippen LogP) is -0.251. The molecular weight excluding hydrogens is 268 g/mol. The maximum Gasteiger partial charge on any atom is 0.317 e. The number of rotatable bonds is 3. The Kier molecular flexibility index (Phi) is 3.79. The number of amides is 2. The first-order chi connectivity index (χ1) is 8.85. The lowest BCUT2D eigenvalue weighted by atomic mass is 10.3. The summed E-state index contributed by atoms with van der Waals surface area (Å²) in [7, 11) is 0.516. The molecule has 1 aromatic heterocycles. The van der Waals surface area contributed by atoms with Crippen molar-refractivity contribution in [2.45, 2.75) is 19.0 Å². The van der Waals surface area contributed by atoms with Crippen LogP contribution in [-0.2, 0) is 23.4 Å². The topological polar surface area (TPSA) is 84.3 Å². The minimum atomic E-state index is -2.97. The third-order valence-electron chi connectivity index (χ3n) is 3.08. The number of carbonyl (C=O) groups excluding carboxylic acids is 1. The molecule has 0 aromatic carbocycles. The van der Waals surface area contributed by atoms with Gasteiger partial charge in [-0.25, -0.2) is 13.2 Å². The van der Waals surface area contributed by atoms with Crippen molar-refractivity contribution < 1.29 is 13.2 Å². The Balaban J connectivity index is 1.86. The molecule has 0 spiro atoms. The maximum atomic E-state index is 11.9. The van der Waals surface area contributed by atoms with Crippen molar-refractivity contribution in [3.63, 3.8) is 0 Å². The summed E-state index contributed by atoms with van der Waals surface area (Å²) in [5.41, 5.74) is 0.930. The standard InChI is InChI=1S/C11H18N4O3S/c1-14(6-9-5-12-15(2)7-9)11(16)13-10-3-4-19(17,18)8-10/h5,7,10H,3-4,6,8H2,1-2H3,(H,13,16)/t10-/m0/s1. The summed E-state index contributed by atoms with van der Waals surface area (Å²) in [4.78, 5) is 13.4. The molecule has 0 aliphatic carbocycles. The van der Waals surface area contributed by atoms with Gasteiger partial charge < -0.3 is 10.2 Å². The van der Waals surface area contributed by atoms with Crippen molar-refractivity contribution in [1.82, 2.24) is 20.0 Å². The molecule has 0 bridgehead atoms. The summed E-state index contributed by atoms with van der Waals surface area (Å²) in [6.07, 6.45) is 4.03. The van der Waals surface area contributed by atoms with Gasteiger partial charge in [0, 0.05) is 31.9 Å². The molecule has 2 rings (SSSR count). The molecule has 1 atom stereocenters. The van der Waals surface area contributed by atoms with Gasteiger partial charge in [0.25, 0.3) is 0 Å². The van der Waals surface area contributed by atoms with E-state index in [-0.39, 0.29) is 23.6 Å². The van der Waals surface area contributed by atoms with Crippen molar-refractivity contribution in [2.75, 3.05) is 18.6 Å². The minimum Gasteiger partial charge on any atom is -0.334 e. The molecule has 1 aromatic rings. The van der Waals surface area contributed by atoms with Gasteiger partial charge in [0.05, 0.1) is 24.2 Å². The smallest absolute Gasteiger partial charge is 0.317 e. The van der Waals surface area contributed by atoms with Crippen molar-refractivity contribution >= 4 is 15.9 Å². The Labute approximate surface area is 112 Å². The predicted molar refractivity (Wildman–Crippen MR) is 70.3 cm³/mol. The largest absolute Gasteiger partial charge is 0.334 e. The first-order valence-corrected chi connectivity index (χ1v) is 7.87. The molecule has 1 saturated heterocycles. The van der Waals surface area contributed by atoms with Crippen LogP contribution in [0.1, 0.15) is 12.0 Å². The second-order valence-corrected chi connectivity index (χ2v) is 7.16. The zero-order valence-corrected chi connectivity index (χ0v) is 11.9. The number of nitrogens with one attached hydrogen (secondary N) is 1. The summed E-state index contributed by atoms with van der Waals surface area (Å²) >= 11 is 0. The molecule has 2 amide bonds. The van der Waals surface area contributed by atoms with Crippen LogP contribution in [0.3, 0.4) is 0 Å². The van der Waals surface area contributed by atoms with Crippen LogP contribution in [0.5, 0.6) is 0 Å². The molecule has 19 heavy (non-hydrogen) atoms. The normalized spacial score (nSPS) is 21.3. The number of hydrogen-bond donors (Lipinski definition) is 1. The van der Waals surface area contributed by atoms with Crippen LogP contribution in [0.4, 0.5) is 4.79 Å². The van der Waals surface area contributed by atoms with E-state index in [0.717, 1.165) is 5.56 Å². The van der Waals surface area contributed by atoms with Crippen LogP contribution in [0.2, 0.25) is 0 Å². The molecule has 0 saturated carbocycles. The highest BCUT2D eigenvalue weighted by atomic mass is 32.2. The highest BCUT2D eigenvalue weighted by Crippen LogP contribution is 2.11. The summed E-state index contributed by atoms with van der Waals surface area (Å²) in [6, 6.07) is -0.528. The van der Waals surface area contributed by atoms with E-state index in [2.05, 4.69) is 10.4 Å². The van der Waals surface area contributed by atoms with Gasteiger partial charge in [0.15, 0.2) is 9.84 Å². The van der Waals surface area contributed by atoms with E-state index in [4.69, 9.17) is 0 Å². The Morgan fingerprint density at radius 2 is 2.37 bits per heavy atom. The molecule has 8 heteroatoms. The summed E-state index contributed by atoms with van der Waals surface area (Å²) in [6.45, 7) is 0.444. The molecule has 1 fully saturated rings. The highest BCUT2D eigenvalue weighted by Gasteiger charge is 2.29. The number of aromatic nitrogens is 2. The number of hydrogen-bond acceptors (Lipinski definition) is 4. The van der Waals surface area contributed by atoms with E-state index >= 15 is 0 Å². The van der Waals surface area contributed by atoms with Gasteiger partial charge in [-0.1, -0.05) is 0 Å². The Bertz CT molecular complexity index is 566. The van der Waals surface area contributed by atoms with Crippen LogP contribution in [0.15, 0.2) is 12.4 Å². The molecule has 0 radical (unpaired) electrons. The van der Waals surface area contributed by atoms with Crippen LogP contribution in [0, 0.1) is 0 Å². The SMILES string of the molecule is CN(Cc1cnn(C)c1)C(=O)N[C@H]1CCS(=O)(=O)C1. The number of carbonyl (C=O) groups is 1. The molecule has 1 N–H and O–H groups in total. The summed E-state index contributed by atoms with van der Waals surface area (Å²) in [5.74, 6) is 0.198. The fourth-order valence-electron chi connectivity index (χ4n) is 2.09. The molecule has 7 nitrogen and oxygen atoms in total. The third kappa shape index (κ3) is 3.69. The lowest BCUT2D eigenvalue weighted by Gasteiger charge is -2.19. The molecule has 1 aliphatic heterocycles. The van der Waals surface area contributed by atoms with Crippen molar-refractivity contribution in [2.24, 2.45) is 7.05 Å². The Morgan fingerprint density at radius 3 is 2.89 bits per heavy atom. The van der Waals surface area contributed by atoms with Gasteiger partial charge in [-0.15, -0.1) is 0 Å². The van der Waals surface area contributed by atoms with Gasteiger partial charge in [-0.3, -0.25) is 4.68 Å². The van der Waals surface area contributed by atoms with E-state index < -0.39 is 9.84 Å². The van der Waals surface area contributed by atoms with Gasteiger partial charge in [-0.2, -0.15) is 5.10 Å². The Morgan fingerprint density at radius 1 is 1.63 bits per heavy atom. The van der Waals surface area contributed by atoms with E-state index in [9.17, 15) is 13.2 Å². The maximum absolute atomic E-state index is 11.9. The molecule has 1 aliphatic rings. The highest BCUT2D eigenvalue weighted by molar-refractivity contribution is 7.91. The number of nitrogens with zero attached hydrogens (tertiary/aromatic N) is 3. The van der Waals surface area contributed by atoms with Crippen LogP contribution >= 0.6 is 0 Å².